The third-order valence-corrected chi connectivity index (χ3v) is 4.58. The van der Waals surface area contributed by atoms with Gasteiger partial charge < -0.3 is 15.4 Å². The highest BCUT2D eigenvalue weighted by Gasteiger charge is 2.26. The fourth-order valence-corrected chi connectivity index (χ4v) is 3.07. The van der Waals surface area contributed by atoms with E-state index in [1.54, 1.807) is 0 Å². The summed E-state index contributed by atoms with van der Waals surface area (Å²) in [6, 6.07) is 6.07. The van der Waals surface area contributed by atoms with Crippen LogP contribution in [0.25, 0.3) is 0 Å². The van der Waals surface area contributed by atoms with Crippen molar-refractivity contribution in [2.75, 3.05) is 12.4 Å². The average Bonchev–Trinajstić information content (AvgIpc) is 2.61. The van der Waals surface area contributed by atoms with Crippen molar-refractivity contribution < 1.29 is 14.3 Å². The van der Waals surface area contributed by atoms with Crippen LogP contribution < -0.4 is 10.6 Å². The van der Waals surface area contributed by atoms with Crippen molar-refractivity contribution in [2.45, 2.75) is 47.0 Å². The molecular weight excluding hydrogens is 316 g/mol. The molecule has 0 aromatic heterocycles. The fraction of sp³-hybridized carbons (Fsp3) is 0.400. The summed E-state index contributed by atoms with van der Waals surface area (Å²) in [5, 5.41) is 6.18. The molecule has 0 aliphatic carbocycles. The molecule has 0 radical (unpaired) electrons. The molecule has 5 nitrogen and oxygen atoms in total. The maximum atomic E-state index is 12.9. The summed E-state index contributed by atoms with van der Waals surface area (Å²) in [4.78, 5) is 24.8. The molecule has 1 aromatic carbocycles. The number of dihydropyridines is 1. The number of methoxy groups -OCH3 is 1. The predicted octanol–water partition coefficient (Wildman–Crippen LogP) is 3.46. The average molecular weight is 342 g/mol. The molecule has 0 spiro atoms. The second-order valence-electron chi connectivity index (χ2n) is 6.11. The Kier molecular flexibility index (Phi) is 6.02. The quantitative estimate of drug-likeness (QED) is 0.804. The highest BCUT2D eigenvalue weighted by molar-refractivity contribution is 6.07. The van der Waals surface area contributed by atoms with Crippen LogP contribution in [0.4, 0.5) is 5.69 Å². The first-order valence-electron chi connectivity index (χ1n) is 8.59. The van der Waals surface area contributed by atoms with Crippen molar-refractivity contribution in [2.24, 2.45) is 0 Å². The van der Waals surface area contributed by atoms with Crippen LogP contribution in [0.15, 0.2) is 40.7 Å². The predicted molar refractivity (Wildman–Crippen MR) is 99.0 cm³/mol. The van der Waals surface area contributed by atoms with E-state index in [0.717, 1.165) is 41.1 Å². The molecule has 1 aliphatic rings. The number of amides is 1. The molecule has 25 heavy (non-hydrogen) atoms. The van der Waals surface area contributed by atoms with Gasteiger partial charge in [-0.05, 0) is 37.8 Å². The molecule has 0 unspecified atom stereocenters. The van der Waals surface area contributed by atoms with Gasteiger partial charge in [0.1, 0.15) is 0 Å². The number of carbonyl (C=O) groups excluding carboxylic acids is 2. The molecule has 5 heteroatoms. The zero-order chi connectivity index (χ0) is 18.6. The number of para-hydroxylation sites is 1. The summed E-state index contributed by atoms with van der Waals surface area (Å²) in [7, 11) is 1.35. The minimum absolute atomic E-state index is 0.186. The lowest BCUT2D eigenvalue weighted by Crippen LogP contribution is -2.28. The highest BCUT2D eigenvalue weighted by Crippen LogP contribution is 2.27. The maximum Gasteiger partial charge on any atom is 0.335 e. The van der Waals surface area contributed by atoms with Crippen LogP contribution in [0.5, 0.6) is 0 Å². The minimum atomic E-state index is -0.411. The van der Waals surface area contributed by atoms with Crippen LogP contribution in [0.2, 0.25) is 0 Å². The van der Waals surface area contributed by atoms with E-state index in [-0.39, 0.29) is 12.3 Å². The monoisotopic (exact) mass is 342 g/mol. The van der Waals surface area contributed by atoms with Crippen LogP contribution in [0.1, 0.15) is 45.2 Å². The van der Waals surface area contributed by atoms with Gasteiger partial charge in [0.15, 0.2) is 0 Å². The van der Waals surface area contributed by atoms with E-state index in [9.17, 15) is 9.59 Å². The van der Waals surface area contributed by atoms with Crippen molar-refractivity contribution in [1.82, 2.24) is 5.32 Å². The van der Waals surface area contributed by atoms with E-state index >= 15 is 0 Å². The SMILES string of the molecule is CCc1cccc(CC)c1NC(=O)C1=C(C)NC(C)=C(C(=O)OC)C1. The van der Waals surface area contributed by atoms with E-state index < -0.39 is 5.97 Å². The normalized spacial score (nSPS) is 14.3. The van der Waals surface area contributed by atoms with E-state index in [2.05, 4.69) is 24.5 Å². The number of ether oxygens (including phenoxy) is 1. The zero-order valence-electron chi connectivity index (χ0n) is 15.6. The molecule has 0 saturated carbocycles. The molecule has 0 bridgehead atoms. The Bertz CT molecular complexity index is 738. The van der Waals surface area contributed by atoms with Crippen LogP contribution in [0, 0.1) is 0 Å². The lowest BCUT2D eigenvalue weighted by atomic mass is 9.96. The molecule has 134 valence electrons. The first kappa shape index (κ1) is 18.8. The Labute approximate surface area is 149 Å². The van der Waals surface area contributed by atoms with E-state index in [1.807, 2.05) is 32.0 Å². The summed E-state index contributed by atoms with van der Waals surface area (Å²) in [5.74, 6) is -0.597. The fourth-order valence-electron chi connectivity index (χ4n) is 3.07. The van der Waals surface area contributed by atoms with Crippen LogP contribution in [-0.4, -0.2) is 19.0 Å². The van der Waals surface area contributed by atoms with Gasteiger partial charge in [0.05, 0.1) is 12.7 Å². The number of benzene rings is 1. The first-order valence-corrected chi connectivity index (χ1v) is 8.59. The number of carbonyl (C=O) groups is 2. The summed E-state index contributed by atoms with van der Waals surface area (Å²) >= 11 is 0. The number of rotatable bonds is 5. The van der Waals surface area contributed by atoms with Gasteiger partial charge in [-0.15, -0.1) is 0 Å². The molecule has 0 saturated heterocycles. The Morgan fingerprint density at radius 3 is 2.16 bits per heavy atom. The third-order valence-electron chi connectivity index (χ3n) is 4.58. The number of allylic oxidation sites excluding steroid dienone is 2. The molecule has 2 N–H and O–H groups in total. The third kappa shape index (κ3) is 3.92. The lowest BCUT2D eigenvalue weighted by Gasteiger charge is -2.23. The molecule has 2 rings (SSSR count). The summed E-state index contributed by atoms with van der Waals surface area (Å²) in [5.41, 5.74) is 5.61. The highest BCUT2D eigenvalue weighted by atomic mass is 16.5. The van der Waals surface area contributed by atoms with Crippen LogP contribution >= 0.6 is 0 Å². The number of hydrogen-bond acceptors (Lipinski definition) is 4. The molecule has 1 heterocycles. The summed E-state index contributed by atoms with van der Waals surface area (Å²) < 4.78 is 4.82. The van der Waals surface area contributed by atoms with Gasteiger partial charge in [-0.1, -0.05) is 32.0 Å². The number of nitrogens with one attached hydrogen (secondary N) is 2. The molecule has 1 amide bonds. The van der Waals surface area contributed by atoms with Crippen LogP contribution in [-0.2, 0) is 27.2 Å². The molecule has 1 aliphatic heterocycles. The maximum absolute atomic E-state index is 12.9. The topological polar surface area (TPSA) is 67.4 Å². The number of esters is 1. The molecule has 1 aromatic rings. The Morgan fingerprint density at radius 2 is 1.64 bits per heavy atom. The van der Waals surface area contributed by atoms with E-state index in [1.165, 1.54) is 7.11 Å². The minimum Gasteiger partial charge on any atom is -0.466 e. The largest absolute Gasteiger partial charge is 0.466 e. The van der Waals surface area contributed by atoms with Crippen molar-refractivity contribution in [3.8, 4) is 0 Å². The number of anilines is 1. The van der Waals surface area contributed by atoms with Gasteiger partial charge in [0.25, 0.3) is 5.91 Å². The zero-order valence-corrected chi connectivity index (χ0v) is 15.6. The number of hydrogen-bond donors (Lipinski definition) is 2. The first-order chi connectivity index (χ1) is 11.9. The van der Waals surface area contributed by atoms with E-state index in [4.69, 9.17) is 4.74 Å². The van der Waals surface area contributed by atoms with E-state index in [0.29, 0.717) is 11.1 Å². The Hall–Kier alpha value is -2.56. The second kappa shape index (κ2) is 8.01. The summed E-state index contributed by atoms with van der Waals surface area (Å²) in [6.07, 6.45) is 1.94. The van der Waals surface area contributed by atoms with Gasteiger partial charge in [0, 0.05) is 29.1 Å². The number of aryl methyl sites for hydroxylation is 2. The Balaban J connectivity index is 2.30. The van der Waals surface area contributed by atoms with Gasteiger partial charge in [0.2, 0.25) is 0 Å². The summed E-state index contributed by atoms with van der Waals surface area (Å²) in [6.45, 7) is 7.79. The van der Waals surface area contributed by atoms with Gasteiger partial charge in [-0.3, -0.25) is 4.79 Å². The standard InChI is InChI=1S/C20H26N2O3/c1-6-14-9-8-10-15(7-2)18(14)22-19(23)16-11-17(20(24)25-5)13(4)21-12(16)3/h8-10,21H,6-7,11H2,1-5H3,(H,22,23). The van der Waals surface area contributed by atoms with Crippen molar-refractivity contribution in [1.29, 1.82) is 0 Å². The lowest BCUT2D eigenvalue weighted by molar-refractivity contribution is -0.136. The second-order valence-corrected chi connectivity index (χ2v) is 6.11. The van der Waals surface area contributed by atoms with Crippen molar-refractivity contribution in [3.05, 3.63) is 51.9 Å². The molecule has 0 atom stereocenters. The van der Waals surface area contributed by atoms with Crippen molar-refractivity contribution >= 4 is 17.6 Å². The smallest absolute Gasteiger partial charge is 0.335 e. The van der Waals surface area contributed by atoms with Gasteiger partial charge in [-0.2, -0.15) is 0 Å². The van der Waals surface area contributed by atoms with Crippen LogP contribution in [0.3, 0.4) is 0 Å². The molecular formula is C20H26N2O3. The Morgan fingerprint density at radius 1 is 1.08 bits per heavy atom. The van der Waals surface area contributed by atoms with Gasteiger partial charge >= 0.3 is 5.97 Å². The van der Waals surface area contributed by atoms with Crippen molar-refractivity contribution in [3.63, 3.8) is 0 Å². The van der Waals surface area contributed by atoms with Gasteiger partial charge in [-0.25, -0.2) is 4.79 Å². The molecule has 0 fully saturated rings.